The minimum Gasteiger partial charge on any atom is -0.455 e. The summed E-state index contributed by atoms with van der Waals surface area (Å²) < 4.78 is 9.36. The number of hydrogen-bond acceptors (Lipinski definition) is 3. The molecule has 0 bridgehead atoms. The number of fused-ring (bicyclic) bond motifs is 13. The quantitative estimate of drug-likeness (QED) is 0.172. The summed E-state index contributed by atoms with van der Waals surface area (Å²) in [7, 11) is 0. The van der Waals surface area contributed by atoms with Crippen LogP contribution in [0.3, 0.4) is 0 Å². The van der Waals surface area contributed by atoms with Crippen LogP contribution in [0.2, 0.25) is 0 Å². The third-order valence-corrected chi connectivity index (χ3v) is 14.8. The second-order valence-electron chi connectivity index (χ2n) is 17.2. The molecule has 0 aliphatic heterocycles. The lowest BCUT2D eigenvalue weighted by molar-refractivity contribution is 0.660. The van der Waals surface area contributed by atoms with Crippen LogP contribution in [-0.2, 0) is 5.41 Å². The SMILES string of the molecule is CC1(C)c2ccccc2-c2c(-c3ccc(N(c4ccc(-c5cccc6c5oc5c7ccccc7ccc65)cc4)c4cccc5c4sc4c6ccccc6ccc54)cc3)cccc21. The molecule has 0 saturated carbocycles. The summed E-state index contributed by atoms with van der Waals surface area (Å²) in [6, 6.07) is 73.5. The third-order valence-electron chi connectivity index (χ3n) is 13.5. The molecule has 0 amide bonds. The van der Waals surface area contributed by atoms with Crippen LogP contribution in [0.5, 0.6) is 0 Å². The molecule has 292 valence electrons. The Hall–Kier alpha value is -7.46. The van der Waals surface area contributed by atoms with Gasteiger partial charge in [-0.15, -0.1) is 11.3 Å². The molecule has 0 fully saturated rings. The van der Waals surface area contributed by atoms with Crippen molar-refractivity contribution in [3.63, 3.8) is 0 Å². The van der Waals surface area contributed by atoms with Crippen LogP contribution >= 0.6 is 11.3 Å². The van der Waals surface area contributed by atoms with Crippen molar-refractivity contribution in [3.8, 4) is 33.4 Å². The highest BCUT2D eigenvalue weighted by molar-refractivity contribution is 7.27. The van der Waals surface area contributed by atoms with E-state index in [1.807, 2.05) is 11.3 Å². The van der Waals surface area contributed by atoms with E-state index in [4.69, 9.17) is 4.42 Å². The van der Waals surface area contributed by atoms with Gasteiger partial charge in [-0.2, -0.15) is 0 Å². The standard InChI is InChI=1S/C59H39NOS/c1-59(2)51-21-8-7-16-50(51)54-42(17-10-22-52(54)59)38-24-30-40(31-25-38)60(53-23-11-20-48-49-35-29-37-13-4-6-15-45(37)57(49)62-58(48)53)41-32-26-39(27-33-41)44-18-9-19-46-47-34-28-36-12-3-5-14-43(36)56(47)61-55(44)46/h3-35H,1-2H3. The monoisotopic (exact) mass is 809 g/mol. The predicted octanol–water partition coefficient (Wildman–Crippen LogP) is 17.4. The molecule has 0 unspecified atom stereocenters. The summed E-state index contributed by atoms with van der Waals surface area (Å²) in [4.78, 5) is 2.44. The Morgan fingerprint density at radius 3 is 1.71 bits per heavy atom. The number of rotatable bonds is 5. The van der Waals surface area contributed by atoms with E-state index in [-0.39, 0.29) is 5.41 Å². The molecule has 0 saturated heterocycles. The maximum Gasteiger partial charge on any atom is 0.143 e. The van der Waals surface area contributed by atoms with Crippen LogP contribution in [-0.4, -0.2) is 0 Å². The van der Waals surface area contributed by atoms with E-state index in [1.54, 1.807) is 0 Å². The average molecular weight is 810 g/mol. The van der Waals surface area contributed by atoms with Crippen molar-refractivity contribution in [2.24, 2.45) is 0 Å². The van der Waals surface area contributed by atoms with Crippen molar-refractivity contribution < 1.29 is 4.42 Å². The Kier molecular flexibility index (Phi) is 7.56. The van der Waals surface area contributed by atoms with Gasteiger partial charge in [0.25, 0.3) is 0 Å². The van der Waals surface area contributed by atoms with E-state index in [0.29, 0.717) is 0 Å². The predicted molar refractivity (Wildman–Crippen MR) is 265 cm³/mol. The molecule has 2 nitrogen and oxygen atoms in total. The van der Waals surface area contributed by atoms with Gasteiger partial charge in [0.05, 0.1) is 10.4 Å². The number of benzene rings is 10. The summed E-state index contributed by atoms with van der Waals surface area (Å²) in [5.41, 5.74) is 15.3. The van der Waals surface area contributed by atoms with E-state index in [9.17, 15) is 0 Å². The zero-order valence-corrected chi connectivity index (χ0v) is 35.1. The Labute approximate surface area is 363 Å². The van der Waals surface area contributed by atoms with Crippen LogP contribution in [0, 0.1) is 0 Å². The molecule has 13 rings (SSSR count). The Morgan fingerprint density at radius 2 is 0.919 bits per heavy atom. The summed E-state index contributed by atoms with van der Waals surface area (Å²) in [5, 5.41) is 9.73. The van der Waals surface area contributed by atoms with E-state index in [0.717, 1.165) is 55.5 Å². The minimum atomic E-state index is -0.0522. The maximum absolute atomic E-state index is 6.77. The van der Waals surface area contributed by atoms with Crippen molar-refractivity contribution in [1.29, 1.82) is 0 Å². The minimum absolute atomic E-state index is 0.0522. The van der Waals surface area contributed by atoms with E-state index in [2.05, 4.69) is 219 Å². The van der Waals surface area contributed by atoms with Gasteiger partial charge in [-0.25, -0.2) is 0 Å². The molecule has 2 aromatic heterocycles. The highest BCUT2D eigenvalue weighted by Gasteiger charge is 2.36. The zero-order chi connectivity index (χ0) is 41.1. The fourth-order valence-corrected chi connectivity index (χ4v) is 11.8. The third kappa shape index (κ3) is 5.09. The molecule has 12 aromatic rings. The van der Waals surface area contributed by atoms with Gasteiger partial charge in [0.2, 0.25) is 0 Å². The Bertz CT molecular complexity index is 3770. The second-order valence-corrected chi connectivity index (χ2v) is 18.2. The van der Waals surface area contributed by atoms with Gasteiger partial charge < -0.3 is 9.32 Å². The maximum atomic E-state index is 6.77. The number of thiophene rings is 1. The topological polar surface area (TPSA) is 16.4 Å². The smallest absolute Gasteiger partial charge is 0.143 e. The molecule has 2 heterocycles. The van der Waals surface area contributed by atoms with Crippen LogP contribution in [0.1, 0.15) is 25.0 Å². The van der Waals surface area contributed by atoms with Crippen molar-refractivity contribution in [1.82, 2.24) is 0 Å². The molecular formula is C59H39NOS. The fraction of sp³-hybridized carbons (Fsp3) is 0.0508. The molecule has 0 N–H and O–H groups in total. The first-order valence-corrected chi connectivity index (χ1v) is 22.2. The fourth-order valence-electron chi connectivity index (χ4n) is 10.4. The molecule has 0 atom stereocenters. The van der Waals surface area contributed by atoms with Crippen LogP contribution in [0.4, 0.5) is 17.1 Å². The molecule has 1 aliphatic carbocycles. The lowest BCUT2D eigenvalue weighted by Gasteiger charge is -2.26. The molecule has 3 heteroatoms. The number of hydrogen-bond donors (Lipinski definition) is 0. The van der Waals surface area contributed by atoms with E-state index < -0.39 is 0 Å². The number of furan rings is 1. The molecule has 10 aromatic carbocycles. The lowest BCUT2D eigenvalue weighted by atomic mass is 9.82. The summed E-state index contributed by atoms with van der Waals surface area (Å²) in [6.07, 6.45) is 0. The first-order chi connectivity index (χ1) is 30.5. The van der Waals surface area contributed by atoms with Crippen molar-refractivity contribution >= 4 is 92.1 Å². The van der Waals surface area contributed by atoms with Crippen LogP contribution in [0.15, 0.2) is 205 Å². The highest BCUT2D eigenvalue weighted by Crippen LogP contribution is 2.53. The van der Waals surface area contributed by atoms with Gasteiger partial charge in [-0.3, -0.25) is 0 Å². The lowest BCUT2D eigenvalue weighted by Crippen LogP contribution is -2.14. The molecule has 0 radical (unpaired) electrons. The molecule has 1 aliphatic rings. The van der Waals surface area contributed by atoms with Gasteiger partial charge >= 0.3 is 0 Å². The Balaban J connectivity index is 0.972. The summed E-state index contributed by atoms with van der Waals surface area (Å²) >= 11 is 1.89. The van der Waals surface area contributed by atoms with Gasteiger partial charge in [-0.1, -0.05) is 178 Å². The second kappa shape index (κ2) is 13.3. The summed E-state index contributed by atoms with van der Waals surface area (Å²) in [6.45, 7) is 4.70. The highest BCUT2D eigenvalue weighted by atomic mass is 32.1. The number of anilines is 3. The largest absolute Gasteiger partial charge is 0.455 e. The van der Waals surface area contributed by atoms with Crippen molar-refractivity contribution in [2.75, 3.05) is 4.90 Å². The average Bonchev–Trinajstić information content (AvgIpc) is 3.98. The van der Waals surface area contributed by atoms with Crippen LogP contribution in [0.25, 0.3) is 97.0 Å². The summed E-state index contributed by atoms with van der Waals surface area (Å²) in [5.74, 6) is 0. The Morgan fingerprint density at radius 1 is 0.387 bits per heavy atom. The first kappa shape index (κ1) is 35.3. The van der Waals surface area contributed by atoms with E-state index in [1.165, 1.54) is 69.7 Å². The molecule has 62 heavy (non-hydrogen) atoms. The first-order valence-electron chi connectivity index (χ1n) is 21.4. The number of nitrogens with zero attached hydrogens (tertiary/aromatic N) is 1. The van der Waals surface area contributed by atoms with Gasteiger partial charge in [-0.05, 0) is 91.5 Å². The molecular weight excluding hydrogens is 771 g/mol. The number of para-hydroxylation sites is 1. The van der Waals surface area contributed by atoms with Crippen molar-refractivity contribution in [2.45, 2.75) is 19.3 Å². The van der Waals surface area contributed by atoms with E-state index >= 15 is 0 Å². The van der Waals surface area contributed by atoms with Crippen molar-refractivity contribution in [3.05, 3.63) is 211 Å². The van der Waals surface area contributed by atoms with Gasteiger partial charge in [0.1, 0.15) is 11.2 Å². The van der Waals surface area contributed by atoms with Gasteiger partial charge in [0.15, 0.2) is 0 Å². The zero-order valence-electron chi connectivity index (χ0n) is 34.3. The van der Waals surface area contributed by atoms with Gasteiger partial charge in [0, 0.05) is 54.0 Å². The van der Waals surface area contributed by atoms with Crippen LogP contribution < -0.4 is 4.90 Å². The normalized spacial score (nSPS) is 13.1. The molecule has 0 spiro atoms.